The van der Waals surface area contributed by atoms with Crippen molar-refractivity contribution in [2.75, 3.05) is 72.5 Å². The average Bonchev–Trinajstić information content (AvgIpc) is 3.92. The van der Waals surface area contributed by atoms with Gasteiger partial charge in [-0.3, -0.25) is 14.9 Å². The van der Waals surface area contributed by atoms with Gasteiger partial charge in [0, 0.05) is 80.0 Å². The van der Waals surface area contributed by atoms with Crippen molar-refractivity contribution in [2.45, 2.75) is 55.5 Å². The summed E-state index contributed by atoms with van der Waals surface area (Å²) >= 11 is 6.79. The van der Waals surface area contributed by atoms with Gasteiger partial charge in [-0.2, -0.15) is 0 Å². The van der Waals surface area contributed by atoms with E-state index in [2.05, 4.69) is 4.98 Å². The molecule has 2 aliphatic heterocycles. The molecular formula is C46H53ClN6O14. The third-order valence-corrected chi connectivity index (χ3v) is 12.1. The fraction of sp³-hybridized carbons (Fsp3) is 0.413. The molecule has 0 unspecified atom stereocenters. The third kappa shape index (κ3) is 10.7. The number of nitrogens with one attached hydrogen (secondary N) is 1. The van der Waals surface area contributed by atoms with Crippen LogP contribution in [0.25, 0.3) is 21.7 Å². The lowest BCUT2D eigenvalue weighted by atomic mass is 9.92. The number of carbonyl (C=O) groups is 3. The first-order chi connectivity index (χ1) is 31.9. The summed E-state index contributed by atoms with van der Waals surface area (Å²) in [6, 6.07) is 20.1. The van der Waals surface area contributed by atoms with E-state index in [4.69, 9.17) is 35.3 Å². The van der Waals surface area contributed by atoms with Gasteiger partial charge < -0.3 is 68.7 Å². The number of alkyl halides is 1. The van der Waals surface area contributed by atoms with Crippen LogP contribution < -0.4 is 19.1 Å². The van der Waals surface area contributed by atoms with Crippen molar-refractivity contribution >= 4 is 62.7 Å². The van der Waals surface area contributed by atoms with Crippen molar-refractivity contribution in [3.05, 3.63) is 99.7 Å². The zero-order valence-electron chi connectivity index (χ0n) is 37.4. The Hall–Kier alpha value is -6.26. The van der Waals surface area contributed by atoms with Gasteiger partial charge in [0.25, 0.3) is 5.91 Å². The lowest BCUT2D eigenvalue weighted by molar-refractivity contribution is -0.387. The summed E-state index contributed by atoms with van der Waals surface area (Å²) in [7, 11) is 6.88. The normalized spacial score (nSPS) is 20.7. The number of fused-ring (bicyclic) bond motifs is 4. The number of aliphatic hydroxyl groups excluding tert-OH is 4. The van der Waals surface area contributed by atoms with Gasteiger partial charge in [-0.1, -0.05) is 30.3 Å². The summed E-state index contributed by atoms with van der Waals surface area (Å²) in [6.07, 6.45) is -9.69. The molecule has 5 aromatic rings. The number of carbonyl (C=O) groups excluding carboxylic acids is 3. The van der Waals surface area contributed by atoms with Gasteiger partial charge in [0.05, 0.1) is 17.2 Å². The van der Waals surface area contributed by atoms with Crippen LogP contribution in [0.5, 0.6) is 17.2 Å². The number of aromatic nitrogens is 1. The van der Waals surface area contributed by atoms with Crippen LogP contribution in [0.2, 0.25) is 0 Å². The molecule has 5 N–H and O–H groups in total. The van der Waals surface area contributed by atoms with Gasteiger partial charge in [-0.05, 0) is 67.9 Å². The molecule has 0 radical (unpaired) electrons. The topological polar surface area (TPSA) is 250 Å². The number of nitro groups is 1. The summed E-state index contributed by atoms with van der Waals surface area (Å²) in [5, 5.41) is 53.7. The number of anilines is 1. The smallest absolute Gasteiger partial charge is 0.415 e. The molecule has 20 nitrogen and oxygen atoms in total. The highest BCUT2D eigenvalue weighted by molar-refractivity contribution is 6.22. The van der Waals surface area contributed by atoms with Crippen LogP contribution in [0.15, 0.2) is 72.8 Å². The van der Waals surface area contributed by atoms with E-state index in [9.17, 15) is 44.9 Å². The molecule has 2 aliphatic rings. The van der Waals surface area contributed by atoms with E-state index in [0.29, 0.717) is 35.7 Å². The number of likely N-dealkylation sites (N-methyl/N-ethyl adjacent to an activating group) is 3. The van der Waals surface area contributed by atoms with Gasteiger partial charge in [0.2, 0.25) is 6.29 Å². The largest absolute Gasteiger partial charge is 0.492 e. The molecule has 1 aromatic heterocycles. The van der Waals surface area contributed by atoms with Crippen molar-refractivity contribution < 1.29 is 63.4 Å². The van der Waals surface area contributed by atoms with E-state index in [1.807, 2.05) is 68.4 Å². The lowest BCUT2D eigenvalue weighted by Crippen LogP contribution is -2.60. The Kier molecular flexibility index (Phi) is 15.1. The first-order valence-corrected chi connectivity index (χ1v) is 21.9. The number of amides is 3. The maximum absolute atomic E-state index is 14.3. The van der Waals surface area contributed by atoms with Crippen LogP contribution in [0.3, 0.4) is 0 Å². The predicted molar refractivity (Wildman–Crippen MR) is 245 cm³/mol. The van der Waals surface area contributed by atoms with Crippen LogP contribution in [0.4, 0.5) is 21.0 Å². The maximum atomic E-state index is 14.3. The standard InChI is InChI=1S/C46H53ClN6O14/c1-25(47)31-22-52(43(58)33-20-27-19-28(11-12-32(27)48-33)63-17-16-49(2)3)35-21-37(29-8-6-7-9-30(29)39(31)35)67-46(60)51(5)15-14-50(4)45(59)64-24-26-10-13-36(34(18-26)53(61)62)65-44-42(57)41(56)40(55)38(23-54)66-44/h6-13,18-21,25,31,38,40-42,44,48,54-57H,14-17,22-24H2,1-5H3/t25-,31+,38-,40+,41+,42-,44-/m1/s1. The lowest BCUT2D eigenvalue weighted by Gasteiger charge is -2.39. The Balaban J connectivity index is 0.995. The number of ether oxygens (including phenoxy) is 5. The Morgan fingerprint density at radius 2 is 1.63 bits per heavy atom. The highest BCUT2D eigenvalue weighted by atomic mass is 35.5. The molecule has 0 bridgehead atoms. The molecule has 358 valence electrons. The van der Waals surface area contributed by atoms with Crippen LogP contribution >= 0.6 is 11.6 Å². The highest BCUT2D eigenvalue weighted by Crippen LogP contribution is 2.48. The fourth-order valence-corrected chi connectivity index (χ4v) is 8.11. The van der Waals surface area contributed by atoms with Crippen LogP contribution in [-0.2, 0) is 16.1 Å². The van der Waals surface area contributed by atoms with E-state index in [1.165, 1.54) is 36.0 Å². The molecule has 1 fully saturated rings. The molecule has 3 heterocycles. The molecule has 67 heavy (non-hydrogen) atoms. The first kappa shape index (κ1) is 48.7. The van der Waals surface area contributed by atoms with Crippen molar-refractivity contribution in [3.8, 4) is 17.2 Å². The van der Waals surface area contributed by atoms with E-state index >= 15 is 0 Å². The predicted octanol–water partition coefficient (Wildman–Crippen LogP) is 4.42. The molecule has 1 saturated heterocycles. The summed E-state index contributed by atoms with van der Waals surface area (Å²) in [5.74, 6) is 0.0254. The molecule has 0 aliphatic carbocycles. The Labute approximate surface area is 389 Å². The van der Waals surface area contributed by atoms with E-state index in [-0.39, 0.29) is 54.0 Å². The fourth-order valence-electron chi connectivity index (χ4n) is 7.90. The molecule has 7 atom stereocenters. The number of halogens is 1. The Morgan fingerprint density at radius 1 is 0.910 bits per heavy atom. The van der Waals surface area contributed by atoms with E-state index < -0.39 is 60.1 Å². The summed E-state index contributed by atoms with van der Waals surface area (Å²) in [6.45, 7) is 2.35. The van der Waals surface area contributed by atoms with Crippen molar-refractivity contribution in [3.63, 3.8) is 0 Å². The minimum absolute atomic E-state index is 0.00711. The average molecular weight is 949 g/mol. The van der Waals surface area contributed by atoms with Crippen LogP contribution in [0, 0.1) is 10.1 Å². The second-order valence-corrected chi connectivity index (χ2v) is 17.5. The second-order valence-electron chi connectivity index (χ2n) is 16.8. The second kappa shape index (κ2) is 20.7. The zero-order valence-corrected chi connectivity index (χ0v) is 38.2. The molecule has 4 aromatic carbocycles. The highest BCUT2D eigenvalue weighted by Gasteiger charge is 2.45. The number of H-pyrrole nitrogens is 1. The Bertz CT molecular complexity index is 2630. The molecule has 3 amide bonds. The third-order valence-electron chi connectivity index (χ3n) is 11.8. The molecule has 7 rings (SSSR count). The number of benzene rings is 4. The maximum Gasteiger partial charge on any atom is 0.415 e. The first-order valence-electron chi connectivity index (χ1n) is 21.4. The number of aliphatic hydroxyl groups is 4. The summed E-state index contributed by atoms with van der Waals surface area (Å²) in [5.41, 5.74) is 2.18. The monoisotopic (exact) mass is 948 g/mol. The number of rotatable bonds is 16. The van der Waals surface area contributed by atoms with E-state index in [1.54, 1.807) is 17.0 Å². The van der Waals surface area contributed by atoms with Gasteiger partial charge in [0.1, 0.15) is 54.8 Å². The number of hydrogen-bond donors (Lipinski definition) is 5. The van der Waals surface area contributed by atoms with Crippen LogP contribution in [0.1, 0.15) is 34.5 Å². The minimum atomic E-state index is -1.80. The summed E-state index contributed by atoms with van der Waals surface area (Å²) in [4.78, 5) is 61.5. The number of aromatic amines is 1. The van der Waals surface area contributed by atoms with Gasteiger partial charge in [0.15, 0.2) is 5.75 Å². The molecule has 21 heteroatoms. The number of nitro benzene ring substituents is 1. The molecular weight excluding hydrogens is 896 g/mol. The SMILES string of the molecule is C[C@@H](Cl)[C@@H]1CN(C(=O)c2cc3cc(OCCN(C)C)ccc3[nH]2)c2cc(OC(=O)N(C)CCN(C)C(=O)OCc3ccc(O[C@@H]4O[C@H](CO)[C@H](O)[C@H](O)[C@H]4O)c([N+](=O)[O-])c3)c3ccccc3c21. The number of hydrogen-bond acceptors (Lipinski definition) is 15. The van der Waals surface area contributed by atoms with Crippen molar-refractivity contribution in [2.24, 2.45) is 0 Å². The minimum Gasteiger partial charge on any atom is -0.492 e. The van der Waals surface area contributed by atoms with Crippen molar-refractivity contribution in [1.29, 1.82) is 0 Å². The molecule has 0 saturated carbocycles. The van der Waals surface area contributed by atoms with E-state index in [0.717, 1.165) is 34.5 Å². The quantitative estimate of drug-likeness (QED) is 0.0522. The molecule has 0 spiro atoms. The summed E-state index contributed by atoms with van der Waals surface area (Å²) < 4.78 is 28.1. The van der Waals surface area contributed by atoms with Crippen molar-refractivity contribution in [1.82, 2.24) is 19.7 Å². The number of nitrogens with zero attached hydrogens (tertiary/aromatic N) is 5. The van der Waals surface area contributed by atoms with Gasteiger partial charge in [-0.25, -0.2) is 9.59 Å². The van der Waals surface area contributed by atoms with Gasteiger partial charge in [-0.15, -0.1) is 11.6 Å². The Morgan fingerprint density at radius 3 is 2.31 bits per heavy atom. The zero-order chi connectivity index (χ0) is 48.3. The van der Waals surface area contributed by atoms with Gasteiger partial charge >= 0.3 is 17.9 Å². The van der Waals surface area contributed by atoms with Crippen LogP contribution in [-0.4, -0.2) is 167 Å².